The molecule has 0 aliphatic carbocycles. The molecule has 0 atom stereocenters. The molecule has 0 aliphatic heterocycles. The van der Waals surface area contributed by atoms with E-state index in [9.17, 15) is 10.1 Å². The number of nitrogens with zero attached hydrogens (tertiary/aromatic N) is 1. The fourth-order valence-corrected chi connectivity index (χ4v) is 1.41. The minimum atomic E-state index is -2.73. The maximum atomic E-state index is 10.1. The molecule has 0 unspecified atom stereocenters. The lowest BCUT2D eigenvalue weighted by Gasteiger charge is -2.11. The molecular formula is C10H21NO4. The van der Waals surface area contributed by atoms with E-state index in [-0.39, 0.29) is 6.42 Å². The molecule has 0 bridgehead atoms. The molecule has 5 heteroatoms. The predicted octanol–water partition coefficient (Wildman–Crippen LogP) is 2.04. The van der Waals surface area contributed by atoms with E-state index in [1.807, 2.05) is 0 Å². The van der Waals surface area contributed by atoms with E-state index in [0.717, 1.165) is 19.3 Å². The average Bonchev–Trinajstić information content (AvgIpc) is 2.16. The van der Waals surface area contributed by atoms with E-state index in [2.05, 4.69) is 6.92 Å². The molecule has 15 heavy (non-hydrogen) atoms. The molecule has 2 N–H and O–H groups in total. The van der Waals surface area contributed by atoms with Crippen LogP contribution in [0.5, 0.6) is 0 Å². The third-order valence-corrected chi connectivity index (χ3v) is 2.41. The number of aliphatic hydroxyl groups is 2. The van der Waals surface area contributed by atoms with Crippen LogP contribution in [0.3, 0.4) is 0 Å². The molecule has 0 heterocycles. The van der Waals surface area contributed by atoms with Crippen molar-refractivity contribution in [3.63, 3.8) is 0 Å². The van der Waals surface area contributed by atoms with Gasteiger partial charge in [0.05, 0.1) is 11.3 Å². The molecule has 0 aliphatic rings. The van der Waals surface area contributed by atoms with E-state index in [1.54, 1.807) is 0 Å². The summed E-state index contributed by atoms with van der Waals surface area (Å²) < 4.78 is 0. The zero-order chi connectivity index (χ0) is 11.7. The van der Waals surface area contributed by atoms with Crippen LogP contribution in [0.2, 0.25) is 0 Å². The van der Waals surface area contributed by atoms with Crippen molar-refractivity contribution in [1.82, 2.24) is 0 Å². The molecule has 0 fully saturated rings. The smallest absolute Gasteiger partial charge is 0.307 e. The Morgan fingerprint density at radius 3 is 2.00 bits per heavy atom. The minimum absolute atomic E-state index is 0.187. The van der Waals surface area contributed by atoms with Gasteiger partial charge in [0.15, 0.2) is 0 Å². The summed E-state index contributed by atoms with van der Waals surface area (Å²) in [7, 11) is 0. The SMILES string of the molecule is CCCCCCCCCC(O)(O)[N+](=O)[O-]. The highest BCUT2D eigenvalue weighted by Gasteiger charge is 2.36. The van der Waals surface area contributed by atoms with Crippen molar-refractivity contribution in [1.29, 1.82) is 0 Å². The quantitative estimate of drug-likeness (QED) is 0.269. The number of hydrogen-bond acceptors (Lipinski definition) is 4. The van der Waals surface area contributed by atoms with Crippen LogP contribution in [0.25, 0.3) is 0 Å². The Labute approximate surface area is 90.3 Å². The van der Waals surface area contributed by atoms with Crippen LogP contribution in [-0.4, -0.2) is 21.0 Å². The summed E-state index contributed by atoms with van der Waals surface area (Å²) in [5.41, 5.74) is 0. The Kier molecular flexibility index (Phi) is 7.25. The van der Waals surface area contributed by atoms with Gasteiger partial charge in [0.1, 0.15) is 0 Å². The summed E-state index contributed by atoms with van der Waals surface area (Å²) in [5, 5.41) is 27.9. The van der Waals surface area contributed by atoms with Gasteiger partial charge in [0.2, 0.25) is 0 Å². The van der Waals surface area contributed by atoms with Gasteiger partial charge in [-0.2, -0.15) is 0 Å². The number of nitro groups is 1. The van der Waals surface area contributed by atoms with E-state index in [4.69, 9.17) is 10.2 Å². The molecule has 0 rings (SSSR count). The first-order valence-electron chi connectivity index (χ1n) is 5.60. The molecule has 0 saturated carbocycles. The Hall–Kier alpha value is -0.680. The van der Waals surface area contributed by atoms with Crippen LogP contribution in [0.15, 0.2) is 0 Å². The lowest BCUT2D eigenvalue weighted by atomic mass is 10.1. The highest BCUT2D eigenvalue weighted by atomic mass is 16.7. The first-order valence-corrected chi connectivity index (χ1v) is 5.60. The predicted molar refractivity (Wildman–Crippen MR) is 56.8 cm³/mol. The standard InChI is InChI=1S/C10H21NO4/c1-2-3-4-5-6-7-8-9-10(12,13)11(14)15/h12-13H,2-9H2,1H3. The maximum Gasteiger partial charge on any atom is 0.437 e. The topological polar surface area (TPSA) is 83.6 Å². The van der Waals surface area contributed by atoms with Crippen molar-refractivity contribution in [2.45, 2.75) is 64.2 Å². The van der Waals surface area contributed by atoms with Crippen LogP contribution in [0.4, 0.5) is 0 Å². The van der Waals surface area contributed by atoms with Crippen LogP contribution in [0, 0.1) is 10.1 Å². The van der Waals surface area contributed by atoms with E-state index in [0.29, 0.717) is 6.42 Å². The summed E-state index contributed by atoms with van der Waals surface area (Å²) in [4.78, 5) is 9.08. The monoisotopic (exact) mass is 219 g/mol. The zero-order valence-corrected chi connectivity index (χ0v) is 9.31. The second kappa shape index (κ2) is 7.59. The van der Waals surface area contributed by atoms with Gasteiger partial charge in [-0.15, -0.1) is 0 Å². The molecule has 5 nitrogen and oxygen atoms in total. The van der Waals surface area contributed by atoms with Gasteiger partial charge in [-0.05, 0) is 6.42 Å². The summed E-state index contributed by atoms with van der Waals surface area (Å²) in [6, 6.07) is 0. The van der Waals surface area contributed by atoms with Crippen LogP contribution >= 0.6 is 0 Å². The third-order valence-electron chi connectivity index (χ3n) is 2.41. The van der Waals surface area contributed by atoms with Crippen LogP contribution in [-0.2, 0) is 0 Å². The summed E-state index contributed by atoms with van der Waals surface area (Å²) in [6.07, 6.45) is 6.85. The summed E-state index contributed by atoms with van der Waals surface area (Å²) >= 11 is 0. The van der Waals surface area contributed by atoms with Crippen molar-refractivity contribution < 1.29 is 15.1 Å². The second-order valence-electron chi connectivity index (χ2n) is 3.90. The second-order valence-corrected chi connectivity index (χ2v) is 3.90. The van der Waals surface area contributed by atoms with Gasteiger partial charge >= 0.3 is 5.91 Å². The van der Waals surface area contributed by atoms with Crippen molar-refractivity contribution >= 4 is 0 Å². The van der Waals surface area contributed by atoms with Gasteiger partial charge in [0, 0.05) is 0 Å². The molecule has 0 aromatic rings. The number of unbranched alkanes of at least 4 members (excludes halogenated alkanes) is 6. The van der Waals surface area contributed by atoms with Crippen LogP contribution in [0.1, 0.15) is 58.3 Å². The normalized spacial score (nSPS) is 11.7. The zero-order valence-electron chi connectivity index (χ0n) is 9.31. The number of hydrogen-bond donors (Lipinski definition) is 2. The van der Waals surface area contributed by atoms with Gasteiger partial charge < -0.3 is 10.2 Å². The van der Waals surface area contributed by atoms with E-state index < -0.39 is 10.8 Å². The van der Waals surface area contributed by atoms with Gasteiger partial charge in [0.25, 0.3) is 0 Å². The molecular weight excluding hydrogens is 198 g/mol. The minimum Gasteiger partial charge on any atom is -0.307 e. The summed E-state index contributed by atoms with van der Waals surface area (Å²) in [6.45, 7) is 2.14. The van der Waals surface area contributed by atoms with E-state index in [1.165, 1.54) is 19.3 Å². The average molecular weight is 219 g/mol. The molecule has 0 radical (unpaired) electrons. The molecule has 0 saturated heterocycles. The molecule has 0 amide bonds. The molecule has 0 aromatic heterocycles. The fraction of sp³-hybridized carbons (Fsp3) is 1.00. The lowest BCUT2D eigenvalue weighted by Crippen LogP contribution is -2.37. The number of rotatable bonds is 9. The third kappa shape index (κ3) is 7.27. The fourth-order valence-electron chi connectivity index (χ4n) is 1.41. The molecule has 90 valence electrons. The van der Waals surface area contributed by atoms with Gasteiger partial charge in [-0.25, -0.2) is 0 Å². The Morgan fingerprint density at radius 2 is 1.53 bits per heavy atom. The molecule has 0 aromatic carbocycles. The first kappa shape index (κ1) is 14.3. The van der Waals surface area contributed by atoms with Gasteiger partial charge in [-0.3, -0.25) is 10.1 Å². The highest BCUT2D eigenvalue weighted by molar-refractivity contribution is 4.51. The van der Waals surface area contributed by atoms with Crippen molar-refractivity contribution in [3.8, 4) is 0 Å². The molecule has 0 spiro atoms. The van der Waals surface area contributed by atoms with Crippen molar-refractivity contribution in [3.05, 3.63) is 10.1 Å². The van der Waals surface area contributed by atoms with E-state index >= 15 is 0 Å². The van der Waals surface area contributed by atoms with Crippen molar-refractivity contribution in [2.24, 2.45) is 0 Å². The largest absolute Gasteiger partial charge is 0.437 e. The Bertz CT molecular complexity index is 182. The lowest BCUT2D eigenvalue weighted by molar-refractivity contribution is -0.684. The van der Waals surface area contributed by atoms with Gasteiger partial charge in [-0.1, -0.05) is 45.4 Å². The first-order chi connectivity index (χ1) is 7.00. The Morgan fingerprint density at radius 1 is 1.07 bits per heavy atom. The highest BCUT2D eigenvalue weighted by Crippen LogP contribution is 2.14. The maximum absolute atomic E-state index is 10.1. The van der Waals surface area contributed by atoms with Crippen molar-refractivity contribution in [2.75, 3.05) is 0 Å². The van der Waals surface area contributed by atoms with Crippen LogP contribution < -0.4 is 0 Å². The Balaban J connectivity index is 3.35. The summed E-state index contributed by atoms with van der Waals surface area (Å²) in [5.74, 6) is -2.73.